The Hall–Kier alpha value is -3.90. The highest BCUT2D eigenvalue weighted by atomic mass is 19.4. The molecule has 0 spiro atoms. The number of nitrogens with zero attached hydrogens (tertiary/aromatic N) is 5. The van der Waals surface area contributed by atoms with Gasteiger partial charge in [0.1, 0.15) is 0 Å². The molecule has 1 atom stereocenters. The molecule has 32 heavy (non-hydrogen) atoms. The Bertz CT molecular complexity index is 1020. The second kappa shape index (κ2) is 9.94. The summed E-state index contributed by atoms with van der Waals surface area (Å²) in [6, 6.07) is 7.15. The highest BCUT2D eigenvalue weighted by molar-refractivity contribution is 5.91. The summed E-state index contributed by atoms with van der Waals surface area (Å²) in [4.78, 5) is 31.8. The van der Waals surface area contributed by atoms with Crippen LogP contribution in [0.1, 0.15) is 16.2 Å². The van der Waals surface area contributed by atoms with Crippen LogP contribution in [-0.2, 0) is 17.9 Å². The number of hydrogen-bond donors (Lipinski definition) is 2. The van der Waals surface area contributed by atoms with Crippen LogP contribution < -0.4 is 10.2 Å². The monoisotopic (exact) mass is 452 g/mol. The zero-order valence-corrected chi connectivity index (χ0v) is 16.6. The van der Waals surface area contributed by atoms with E-state index in [0.717, 1.165) is 18.8 Å². The standard InChI is InChI=1S/C17H18N6O2.C2HF3O2/c24-16(15-3-1-8-25-15)20-9-13-10-22(17-18-5-2-6-19-17)12-14-4-7-21-23(14)11-13;3-2(4,5)1(6)7/h1-8,13H,9-12H2,(H,20,24);(H,6,7). The van der Waals surface area contributed by atoms with E-state index in [4.69, 9.17) is 14.3 Å². The van der Waals surface area contributed by atoms with Crippen LogP contribution >= 0.6 is 0 Å². The molecule has 2 N–H and O–H groups in total. The molecule has 1 aliphatic heterocycles. The van der Waals surface area contributed by atoms with Crippen molar-refractivity contribution in [3.8, 4) is 0 Å². The van der Waals surface area contributed by atoms with Crippen LogP contribution in [-0.4, -0.2) is 56.0 Å². The normalized spacial score (nSPS) is 15.7. The van der Waals surface area contributed by atoms with E-state index in [1.807, 2.05) is 10.7 Å². The van der Waals surface area contributed by atoms with E-state index in [-0.39, 0.29) is 11.8 Å². The molecule has 1 amide bonds. The summed E-state index contributed by atoms with van der Waals surface area (Å²) in [5.41, 5.74) is 1.10. The average molecular weight is 452 g/mol. The molecule has 3 aromatic heterocycles. The third-order valence-electron chi connectivity index (χ3n) is 4.44. The first-order chi connectivity index (χ1) is 15.2. The van der Waals surface area contributed by atoms with Gasteiger partial charge in [-0.05, 0) is 24.3 Å². The Balaban J connectivity index is 0.000000360. The Morgan fingerprint density at radius 2 is 1.88 bits per heavy atom. The third-order valence-corrected chi connectivity index (χ3v) is 4.44. The van der Waals surface area contributed by atoms with Crippen molar-refractivity contribution >= 4 is 17.8 Å². The number of hydrogen-bond acceptors (Lipinski definition) is 7. The molecule has 0 aromatic carbocycles. The van der Waals surface area contributed by atoms with Gasteiger partial charge in [-0.2, -0.15) is 18.3 Å². The van der Waals surface area contributed by atoms with Gasteiger partial charge >= 0.3 is 12.1 Å². The molecule has 0 saturated heterocycles. The van der Waals surface area contributed by atoms with Crippen molar-refractivity contribution in [3.63, 3.8) is 0 Å². The fraction of sp³-hybridized carbons (Fsp3) is 0.316. The second-order valence-corrected chi connectivity index (χ2v) is 6.79. The van der Waals surface area contributed by atoms with E-state index < -0.39 is 12.1 Å². The lowest BCUT2D eigenvalue weighted by molar-refractivity contribution is -0.192. The Morgan fingerprint density at radius 3 is 2.50 bits per heavy atom. The van der Waals surface area contributed by atoms with E-state index in [2.05, 4.69) is 25.3 Å². The Labute approximate surface area is 179 Å². The zero-order chi connectivity index (χ0) is 23.1. The van der Waals surface area contributed by atoms with Crippen molar-refractivity contribution < 1.29 is 32.3 Å². The lowest BCUT2D eigenvalue weighted by Crippen LogP contribution is -2.37. The number of carboxylic acid groups (broad SMARTS) is 1. The Kier molecular flexibility index (Phi) is 7.07. The molecule has 4 rings (SSSR count). The minimum absolute atomic E-state index is 0.170. The van der Waals surface area contributed by atoms with Gasteiger partial charge in [-0.15, -0.1) is 0 Å². The van der Waals surface area contributed by atoms with Gasteiger partial charge in [0.15, 0.2) is 5.76 Å². The number of aromatic nitrogens is 4. The molecule has 1 unspecified atom stereocenters. The topological polar surface area (TPSA) is 126 Å². The van der Waals surface area contributed by atoms with Gasteiger partial charge in [0.05, 0.1) is 18.5 Å². The molecule has 0 bridgehead atoms. The number of carbonyl (C=O) groups excluding carboxylic acids is 1. The number of aliphatic carboxylic acids is 1. The van der Waals surface area contributed by atoms with Crippen LogP contribution in [0.4, 0.5) is 19.1 Å². The van der Waals surface area contributed by atoms with Gasteiger partial charge in [-0.3, -0.25) is 9.48 Å². The van der Waals surface area contributed by atoms with E-state index in [9.17, 15) is 18.0 Å². The average Bonchev–Trinajstić information content (AvgIpc) is 3.41. The van der Waals surface area contributed by atoms with Crippen molar-refractivity contribution in [2.75, 3.05) is 18.0 Å². The van der Waals surface area contributed by atoms with E-state index in [0.29, 0.717) is 24.8 Å². The number of furan rings is 1. The molecular formula is C19H19F3N6O4. The molecule has 4 heterocycles. The molecule has 13 heteroatoms. The molecule has 0 aliphatic carbocycles. The van der Waals surface area contributed by atoms with E-state index in [1.165, 1.54) is 6.26 Å². The highest BCUT2D eigenvalue weighted by Crippen LogP contribution is 2.19. The smallest absolute Gasteiger partial charge is 0.475 e. The second-order valence-electron chi connectivity index (χ2n) is 6.79. The summed E-state index contributed by atoms with van der Waals surface area (Å²) in [6.07, 6.45) is 1.67. The molecular weight excluding hydrogens is 433 g/mol. The van der Waals surface area contributed by atoms with Gasteiger partial charge in [-0.1, -0.05) is 0 Å². The molecule has 1 aliphatic rings. The summed E-state index contributed by atoms with van der Waals surface area (Å²) >= 11 is 0. The number of carboxylic acids is 1. The summed E-state index contributed by atoms with van der Waals surface area (Å²) in [5.74, 6) is -1.80. The van der Waals surface area contributed by atoms with Crippen LogP contribution in [0, 0.1) is 5.92 Å². The van der Waals surface area contributed by atoms with Gasteiger partial charge in [0, 0.05) is 44.1 Å². The van der Waals surface area contributed by atoms with Crippen LogP contribution in [0.15, 0.2) is 53.5 Å². The predicted octanol–water partition coefficient (Wildman–Crippen LogP) is 1.97. The van der Waals surface area contributed by atoms with Crippen molar-refractivity contribution in [3.05, 3.63) is 60.6 Å². The molecule has 10 nitrogen and oxygen atoms in total. The summed E-state index contributed by atoms with van der Waals surface area (Å²) in [5, 5.41) is 14.5. The number of anilines is 1. The van der Waals surface area contributed by atoms with Gasteiger partial charge in [0.25, 0.3) is 5.91 Å². The number of nitrogens with one attached hydrogen (secondary N) is 1. The van der Waals surface area contributed by atoms with E-state index in [1.54, 1.807) is 36.8 Å². The first-order valence-corrected chi connectivity index (χ1v) is 9.38. The molecule has 0 saturated carbocycles. The fourth-order valence-electron chi connectivity index (χ4n) is 3.00. The predicted molar refractivity (Wildman–Crippen MR) is 104 cm³/mol. The van der Waals surface area contributed by atoms with Gasteiger partial charge in [0.2, 0.25) is 5.95 Å². The molecule has 170 valence electrons. The number of rotatable bonds is 4. The lowest BCUT2D eigenvalue weighted by atomic mass is 10.1. The first-order valence-electron chi connectivity index (χ1n) is 9.38. The molecule has 0 radical (unpaired) electrons. The fourth-order valence-corrected chi connectivity index (χ4v) is 3.00. The maximum absolute atomic E-state index is 12.1. The number of amides is 1. The lowest BCUT2D eigenvalue weighted by Gasteiger charge is -2.23. The first kappa shape index (κ1) is 22.8. The highest BCUT2D eigenvalue weighted by Gasteiger charge is 2.38. The van der Waals surface area contributed by atoms with Gasteiger partial charge in [-0.25, -0.2) is 14.8 Å². The van der Waals surface area contributed by atoms with E-state index >= 15 is 0 Å². The number of halogens is 3. The number of fused-ring (bicyclic) bond motifs is 1. The Morgan fingerprint density at radius 1 is 1.16 bits per heavy atom. The van der Waals surface area contributed by atoms with Crippen molar-refractivity contribution in [2.45, 2.75) is 19.3 Å². The molecule has 0 fully saturated rings. The minimum Gasteiger partial charge on any atom is -0.475 e. The van der Waals surface area contributed by atoms with Gasteiger partial charge < -0.3 is 19.7 Å². The number of alkyl halides is 3. The SMILES string of the molecule is O=C(NCC1CN(c2ncccn2)Cc2ccnn2C1)c1ccco1.O=C(O)C(F)(F)F. The summed E-state index contributed by atoms with van der Waals surface area (Å²) in [7, 11) is 0. The maximum atomic E-state index is 12.1. The van der Waals surface area contributed by atoms with Crippen molar-refractivity contribution in [1.82, 2.24) is 25.1 Å². The maximum Gasteiger partial charge on any atom is 0.490 e. The quantitative estimate of drug-likeness (QED) is 0.615. The number of carbonyl (C=O) groups is 2. The van der Waals surface area contributed by atoms with Crippen LogP contribution in [0.5, 0.6) is 0 Å². The largest absolute Gasteiger partial charge is 0.490 e. The van der Waals surface area contributed by atoms with Crippen LogP contribution in [0.25, 0.3) is 0 Å². The van der Waals surface area contributed by atoms with Crippen LogP contribution in [0.2, 0.25) is 0 Å². The minimum atomic E-state index is -5.08. The van der Waals surface area contributed by atoms with Crippen molar-refractivity contribution in [1.29, 1.82) is 0 Å². The zero-order valence-electron chi connectivity index (χ0n) is 16.6. The third kappa shape index (κ3) is 6.06. The summed E-state index contributed by atoms with van der Waals surface area (Å²) in [6.45, 7) is 2.66. The summed E-state index contributed by atoms with van der Waals surface area (Å²) < 4.78 is 38.8. The van der Waals surface area contributed by atoms with Crippen molar-refractivity contribution in [2.24, 2.45) is 5.92 Å². The molecule has 3 aromatic rings. The van der Waals surface area contributed by atoms with Crippen LogP contribution in [0.3, 0.4) is 0 Å².